The Hall–Kier alpha value is -3.25. The molecule has 6 heteroatoms. The Bertz CT molecular complexity index is 1210. The maximum Gasteiger partial charge on any atom is 0.156 e. The predicted molar refractivity (Wildman–Crippen MR) is 119 cm³/mol. The predicted octanol–water partition coefficient (Wildman–Crippen LogP) is 6.26. The fourth-order valence-corrected chi connectivity index (χ4v) is 3.89. The van der Waals surface area contributed by atoms with E-state index in [2.05, 4.69) is 0 Å². The summed E-state index contributed by atoms with van der Waals surface area (Å²) in [6.07, 6.45) is 0.356. The summed E-state index contributed by atoms with van der Waals surface area (Å²) in [5.41, 5.74) is 3.55. The van der Waals surface area contributed by atoms with E-state index in [9.17, 15) is 27.5 Å². The molecule has 0 bridgehead atoms. The van der Waals surface area contributed by atoms with Gasteiger partial charge in [-0.15, -0.1) is 0 Å². The van der Waals surface area contributed by atoms with Gasteiger partial charge in [0.1, 0.15) is 23.3 Å². The number of aryl methyl sites for hydroxylation is 2. The number of allylic oxidation sites excluding steroid dienone is 2. The number of benzene rings is 3. The summed E-state index contributed by atoms with van der Waals surface area (Å²) >= 11 is 0. The topological polar surface area (TPSA) is 37.3 Å². The molecule has 172 valence electrons. The van der Waals surface area contributed by atoms with Crippen LogP contribution in [0.2, 0.25) is 0 Å². The van der Waals surface area contributed by atoms with Crippen LogP contribution in [0.5, 0.6) is 0 Å². The Morgan fingerprint density at radius 3 is 1.97 bits per heavy atom. The number of aliphatic hydroxyl groups excluding tert-OH is 1. The van der Waals surface area contributed by atoms with Crippen LogP contribution in [0, 0.1) is 30.2 Å². The van der Waals surface area contributed by atoms with Crippen molar-refractivity contribution in [3.8, 4) is 0 Å². The van der Waals surface area contributed by atoms with Crippen molar-refractivity contribution in [1.29, 1.82) is 0 Å². The normalized spacial score (nSPS) is 12.0. The molecule has 0 radical (unpaired) electrons. The smallest absolute Gasteiger partial charge is 0.156 e. The van der Waals surface area contributed by atoms with E-state index in [0.29, 0.717) is 22.3 Å². The van der Waals surface area contributed by atoms with Crippen LogP contribution >= 0.6 is 0 Å². The highest BCUT2D eigenvalue weighted by molar-refractivity contribution is 6.01. The molecule has 0 spiro atoms. The van der Waals surface area contributed by atoms with Gasteiger partial charge in [-0.05, 0) is 72.2 Å². The van der Waals surface area contributed by atoms with Gasteiger partial charge >= 0.3 is 0 Å². The molecule has 0 saturated heterocycles. The molecule has 3 aromatic carbocycles. The average molecular weight is 456 g/mol. The Balaban J connectivity index is 2.11. The Morgan fingerprint density at radius 2 is 1.45 bits per heavy atom. The minimum Gasteiger partial charge on any atom is -0.392 e. The van der Waals surface area contributed by atoms with Gasteiger partial charge in [0.15, 0.2) is 5.78 Å². The van der Waals surface area contributed by atoms with Gasteiger partial charge in [0.05, 0.1) is 6.61 Å². The van der Waals surface area contributed by atoms with Crippen LogP contribution in [-0.2, 0) is 24.2 Å². The van der Waals surface area contributed by atoms with E-state index in [-0.39, 0.29) is 42.8 Å². The molecule has 0 aromatic heterocycles. The second-order valence-electron chi connectivity index (χ2n) is 7.97. The Labute approximate surface area is 190 Å². The second-order valence-corrected chi connectivity index (χ2v) is 7.97. The number of rotatable bonds is 8. The fraction of sp³-hybridized carbons (Fsp3) is 0.222. The fourth-order valence-electron chi connectivity index (χ4n) is 3.89. The molecule has 0 aliphatic rings. The molecule has 33 heavy (non-hydrogen) atoms. The molecule has 0 aliphatic heterocycles. The summed E-state index contributed by atoms with van der Waals surface area (Å²) < 4.78 is 55.3. The van der Waals surface area contributed by atoms with Gasteiger partial charge in [0.2, 0.25) is 0 Å². The Morgan fingerprint density at radius 1 is 0.848 bits per heavy atom. The molecule has 3 rings (SSSR count). The van der Waals surface area contributed by atoms with Gasteiger partial charge in [0, 0.05) is 24.1 Å². The molecule has 0 amide bonds. The number of carbonyl (C=O) groups excluding carboxylic acids is 1. The van der Waals surface area contributed by atoms with E-state index in [1.54, 1.807) is 18.2 Å². The molecule has 0 heterocycles. The number of Topliss-reactive ketones (excluding diaryl/α,β-unsaturated/α-hetero) is 1. The standard InChI is InChI=1S/C27H24F4O2/c1-16-11-18(15-32)3-9-23(16)24(10-6-19-4-7-21(28)13-26(19)30)25(17(2)33)12-20-5-8-22(29)14-27(20)31/h3-5,7-9,11,13-14,32H,6,10,12,15H2,1-2H3/b25-24-. The monoisotopic (exact) mass is 456 g/mol. The van der Waals surface area contributed by atoms with Gasteiger partial charge in [-0.2, -0.15) is 0 Å². The van der Waals surface area contributed by atoms with Gasteiger partial charge in [0.25, 0.3) is 0 Å². The van der Waals surface area contributed by atoms with Crippen LogP contribution in [0.25, 0.3) is 5.57 Å². The van der Waals surface area contributed by atoms with Crippen LogP contribution in [0.4, 0.5) is 17.6 Å². The van der Waals surface area contributed by atoms with Gasteiger partial charge < -0.3 is 5.11 Å². The van der Waals surface area contributed by atoms with E-state index in [1.165, 1.54) is 25.1 Å². The van der Waals surface area contributed by atoms with E-state index in [1.807, 2.05) is 6.92 Å². The van der Waals surface area contributed by atoms with E-state index < -0.39 is 23.3 Å². The molecular formula is C27H24F4O2. The number of hydrogen-bond acceptors (Lipinski definition) is 2. The van der Waals surface area contributed by atoms with Crippen molar-refractivity contribution < 1.29 is 27.5 Å². The quantitative estimate of drug-likeness (QED) is 0.321. The lowest BCUT2D eigenvalue weighted by Gasteiger charge is -2.18. The first-order chi connectivity index (χ1) is 15.7. The minimum atomic E-state index is -0.759. The van der Waals surface area contributed by atoms with Gasteiger partial charge in [-0.25, -0.2) is 17.6 Å². The van der Waals surface area contributed by atoms with Gasteiger partial charge in [-0.3, -0.25) is 4.79 Å². The molecule has 0 unspecified atom stereocenters. The zero-order valence-electron chi connectivity index (χ0n) is 18.4. The highest BCUT2D eigenvalue weighted by Gasteiger charge is 2.19. The van der Waals surface area contributed by atoms with Crippen LogP contribution < -0.4 is 0 Å². The molecule has 1 N–H and O–H groups in total. The lowest BCUT2D eigenvalue weighted by atomic mass is 9.86. The first kappa shape index (κ1) is 24.4. The van der Waals surface area contributed by atoms with Crippen molar-refractivity contribution in [2.75, 3.05) is 0 Å². The SMILES string of the molecule is CC(=O)/C(Cc1ccc(F)cc1F)=C(/CCc1ccc(F)cc1F)c1ccc(CO)cc1C. The second kappa shape index (κ2) is 10.6. The van der Waals surface area contributed by atoms with Crippen molar-refractivity contribution >= 4 is 11.4 Å². The molecular weight excluding hydrogens is 432 g/mol. The minimum absolute atomic E-state index is 0.0656. The zero-order valence-corrected chi connectivity index (χ0v) is 18.4. The third-order valence-electron chi connectivity index (χ3n) is 5.63. The van der Waals surface area contributed by atoms with Crippen molar-refractivity contribution in [1.82, 2.24) is 0 Å². The van der Waals surface area contributed by atoms with Crippen LogP contribution in [0.3, 0.4) is 0 Å². The first-order valence-electron chi connectivity index (χ1n) is 10.5. The first-order valence-corrected chi connectivity index (χ1v) is 10.5. The van der Waals surface area contributed by atoms with E-state index in [4.69, 9.17) is 0 Å². The summed E-state index contributed by atoms with van der Waals surface area (Å²) in [6.45, 7) is 3.04. The lowest BCUT2D eigenvalue weighted by molar-refractivity contribution is -0.113. The molecule has 0 fully saturated rings. The van der Waals surface area contributed by atoms with Crippen molar-refractivity contribution in [3.05, 3.63) is 111 Å². The summed E-state index contributed by atoms with van der Waals surface area (Å²) in [7, 11) is 0. The molecule has 0 atom stereocenters. The maximum absolute atomic E-state index is 14.4. The lowest BCUT2D eigenvalue weighted by Crippen LogP contribution is -2.09. The van der Waals surface area contributed by atoms with Crippen LogP contribution in [-0.4, -0.2) is 10.9 Å². The zero-order chi connectivity index (χ0) is 24.1. The van der Waals surface area contributed by atoms with Crippen LogP contribution in [0.15, 0.2) is 60.2 Å². The molecule has 3 aromatic rings. The van der Waals surface area contributed by atoms with Gasteiger partial charge in [-0.1, -0.05) is 30.3 Å². The number of ketones is 1. The largest absolute Gasteiger partial charge is 0.392 e. The van der Waals surface area contributed by atoms with Crippen LogP contribution in [0.1, 0.15) is 41.2 Å². The number of hydrogen-bond donors (Lipinski definition) is 1. The number of aliphatic hydroxyl groups is 1. The Kier molecular flexibility index (Phi) is 7.82. The number of halogens is 4. The summed E-state index contributed by atoms with van der Waals surface area (Å²) in [6, 6.07) is 11.8. The summed E-state index contributed by atoms with van der Waals surface area (Å²) in [5.74, 6) is -3.13. The highest BCUT2D eigenvalue weighted by atomic mass is 19.1. The summed E-state index contributed by atoms with van der Waals surface area (Å²) in [5, 5.41) is 9.43. The highest BCUT2D eigenvalue weighted by Crippen LogP contribution is 2.31. The third-order valence-corrected chi connectivity index (χ3v) is 5.63. The summed E-state index contributed by atoms with van der Waals surface area (Å²) in [4.78, 5) is 12.7. The van der Waals surface area contributed by atoms with E-state index in [0.717, 1.165) is 23.8 Å². The van der Waals surface area contributed by atoms with Crippen molar-refractivity contribution in [2.24, 2.45) is 0 Å². The van der Waals surface area contributed by atoms with E-state index >= 15 is 0 Å². The number of carbonyl (C=O) groups is 1. The average Bonchev–Trinajstić information content (AvgIpc) is 2.76. The van der Waals surface area contributed by atoms with Crippen molar-refractivity contribution in [2.45, 2.75) is 39.7 Å². The molecule has 0 saturated carbocycles. The van der Waals surface area contributed by atoms with Crippen molar-refractivity contribution in [3.63, 3.8) is 0 Å². The molecule has 0 aliphatic carbocycles. The third kappa shape index (κ3) is 5.96. The molecule has 2 nitrogen and oxygen atoms in total. The maximum atomic E-state index is 14.4.